The van der Waals surface area contributed by atoms with E-state index >= 15 is 9.59 Å². The Morgan fingerprint density at radius 1 is 0.529 bits per heavy atom. The molecule has 1 aliphatic carbocycles. The number of ketones is 2. The topological polar surface area (TPSA) is 239 Å². The van der Waals surface area contributed by atoms with Gasteiger partial charge in [-0.05, 0) is 110 Å². The van der Waals surface area contributed by atoms with E-state index < -0.39 is 94.9 Å². The third kappa shape index (κ3) is 12.1. The molecule has 2 spiro atoms. The van der Waals surface area contributed by atoms with Crippen LogP contribution in [0.15, 0.2) is 243 Å². The molecule has 4 saturated heterocycles. The van der Waals surface area contributed by atoms with Gasteiger partial charge in [0.25, 0.3) is 0 Å². The zero-order valence-corrected chi connectivity index (χ0v) is 56.1. The van der Waals surface area contributed by atoms with E-state index in [2.05, 4.69) is 41.1 Å². The molecule has 4 fully saturated rings. The second kappa shape index (κ2) is 29.4. The number of anilines is 1. The SMILES string of the molecule is C[C@@H](CCC(=O)[C@H]1[C@@H]2C(=O)O[C@@H](c3ccccc3)[C@@H](c3ccccc3)N2[C@@H](c2ccc(OCCO)cc2)[C@]12C(=O)Cc1ccccc12)c1ccccc1.O=C1O[C@@H](c2ccccc2)[C@@H](c2ccccc2)N2[C@@H](c3ccc(OCCO)cc3)[C@]3(C(=O)Nc4ccc(C#CCCO)cc43)[C@@H](C(=O)O)[C@H]12. The lowest BCUT2D eigenvalue weighted by atomic mass is 9.63. The van der Waals surface area contributed by atoms with Crippen molar-refractivity contribution in [3.8, 4) is 23.3 Å². The molecule has 5 N–H and O–H groups in total. The second-order valence-corrected chi connectivity index (χ2v) is 26.7. The Morgan fingerprint density at radius 2 is 1.00 bits per heavy atom. The number of amides is 1. The molecule has 0 bridgehead atoms. The number of nitrogens with one attached hydrogen (secondary N) is 1. The van der Waals surface area contributed by atoms with Crippen molar-refractivity contribution in [3.05, 3.63) is 304 Å². The van der Waals surface area contributed by atoms with Crippen LogP contribution in [0.3, 0.4) is 0 Å². The molecule has 15 rings (SSSR count). The predicted molar refractivity (Wildman–Crippen MR) is 380 cm³/mol. The number of aliphatic carboxylic acids is 1. The van der Waals surface area contributed by atoms with Crippen LogP contribution in [0.4, 0.5) is 5.69 Å². The summed E-state index contributed by atoms with van der Waals surface area (Å²) >= 11 is 0. The molecule has 5 aliphatic heterocycles. The molecular formula is C85H77N3O14. The van der Waals surface area contributed by atoms with E-state index in [9.17, 15) is 39.6 Å². The molecule has 0 saturated carbocycles. The van der Waals surface area contributed by atoms with Crippen molar-refractivity contribution in [3.63, 3.8) is 0 Å². The minimum atomic E-state index is -1.80. The van der Waals surface area contributed by atoms with Crippen LogP contribution in [0.5, 0.6) is 11.5 Å². The molecular weight excluding hydrogens is 1290 g/mol. The average molecular weight is 1360 g/mol. The van der Waals surface area contributed by atoms with Crippen molar-refractivity contribution in [1.82, 2.24) is 9.80 Å². The Balaban J connectivity index is 0.000000173. The van der Waals surface area contributed by atoms with E-state index in [1.165, 1.54) is 0 Å². The highest BCUT2D eigenvalue weighted by atomic mass is 16.6. The Kier molecular flexibility index (Phi) is 19.7. The van der Waals surface area contributed by atoms with Crippen LogP contribution in [-0.2, 0) is 55.5 Å². The number of carbonyl (C=O) groups excluding carboxylic acids is 5. The lowest BCUT2D eigenvalue weighted by molar-refractivity contribution is -0.179. The number of benzene rings is 9. The summed E-state index contributed by atoms with van der Waals surface area (Å²) in [5, 5.41) is 42.1. The number of fused-ring (bicyclic) bond motifs is 6. The summed E-state index contributed by atoms with van der Waals surface area (Å²) in [6, 6.07) is 70.8. The first-order valence-electron chi connectivity index (χ1n) is 34.6. The summed E-state index contributed by atoms with van der Waals surface area (Å²) < 4.78 is 24.1. The lowest BCUT2D eigenvalue weighted by Crippen LogP contribution is -2.52. The fourth-order valence-electron chi connectivity index (χ4n) is 17.1. The number of hydrogen-bond acceptors (Lipinski definition) is 15. The average Bonchev–Trinajstić information content (AvgIpc) is 1.51. The Bertz CT molecular complexity index is 4610. The standard InChI is InChI=1S/C46H43NO6.C39H34N2O8/c1-30(31-13-5-2-6-14-31)21-26-38(49)40-42-45(51)53-43(33-17-9-4-10-18-33)41(32-15-7-3-8-16-32)47(42)44(34-22-24-36(25-23-34)52-28-27-48)46(40)37-20-12-11-19-35(37)29-39(46)50;42-20-8-7-9-24-14-19-30-29(23-24)39(38(47)40-30)31(36(44)45)33-37(46)49-34(26-12-5-2-6-13-26)32(25-10-3-1-4-11-25)41(33)35(39)27-15-17-28(18-16-27)48-22-21-43/h2-20,22-25,30,40-44,48H,21,26-29H2,1H3;1-6,10-19,23,31-35,42-43H,8,20-22H2,(H,40,47)(H,44,45)/t30-,40-,41+,42+,43-,44-,46+;31-,32-,33-,34+,35+,39-/m01/s1. The van der Waals surface area contributed by atoms with Gasteiger partial charge in [-0.1, -0.05) is 219 Å². The molecule has 0 unspecified atom stereocenters. The van der Waals surface area contributed by atoms with Gasteiger partial charge in [0.15, 0.2) is 5.78 Å². The largest absolute Gasteiger partial charge is 0.491 e. The fourth-order valence-corrected chi connectivity index (χ4v) is 17.1. The molecule has 9 aromatic carbocycles. The quantitative estimate of drug-likeness (QED) is 0.0374. The predicted octanol–water partition coefficient (Wildman–Crippen LogP) is 11.8. The van der Waals surface area contributed by atoms with Gasteiger partial charge in [0.05, 0.1) is 55.3 Å². The summed E-state index contributed by atoms with van der Waals surface area (Å²) in [6.45, 7) is 1.92. The number of aliphatic hydroxyl groups excluding tert-OH is 3. The molecule has 17 nitrogen and oxygen atoms in total. The second-order valence-electron chi connectivity index (χ2n) is 26.7. The van der Waals surface area contributed by atoms with Crippen LogP contribution < -0.4 is 14.8 Å². The number of Topliss-reactive ketones (excluding diaryl/α,β-unsaturated/α-hetero) is 2. The van der Waals surface area contributed by atoms with Gasteiger partial charge in [0, 0.05) is 30.5 Å². The number of morpholine rings is 2. The first-order chi connectivity index (χ1) is 49.8. The van der Waals surface area contributed by atoms with E-state index in [-0.39, 0.29) is 69.8 Å². The van der Waals surface area contributed by atoms with Crippen LogP contribution in [-0.4, -0.2) is 111 Å². The number of carboxylic acids is 1. The van der Waals surface area contributed by atoms with Crippen molar-refractivity contribution >= 4 is 41.1 Å². The highest BCUT2D eigenvalue weighted by Gasteiger charge is 2.75. The summed E-state index contributed by atoms with van der Waals surface area (Å²) in [6.07, 6.45) is -0.342. The van der Waals surface area contributed by atoms with Gasteiger partial charge in [0.2, 0.25) is 5.91 Å². The Labute approximate surface area is 591 Å². The highest BCUT2D eigenvalue weighted by Crippen LogP contribution is 2.67. The smallest absolute Gasteiger partial charge is 0.325 e. The van der Waals surface area contributed by atoms with Gasteiger partial charge in [-0.15, -0.1) is 0 Å². The molecule has 6 aliphatic rings. The Morgan fingerprint density at radius 3 is 1.50 bits per heavy atom. The lowest BCUT2D eigenvalue weighted by Gasteiger charge is -2.46. The Hall–Kier alpha value is -10.8. The number of carboxylic acid groups (broad SMARTS) is 1. The molecule has 0 aromatic heterocycles. The first kappa shape index (κ1) is 68.3. The van der Waals surface area contributed by atoms with Crippen LogP contribution in [0.2, 0.25) is 0 Å². The zero-order valence-electron chi connectivity index (χ0n) is 56.1. The van der Waals surface area contributed by atoms with Gasteiger partial charge in [0.1, 0.15) is 66.1 Å². The molecule has 102 heavy (non-hydrogen) atoms. The molecule has 0 radical (unpaired) electrons. The van der Waals surface area contributed by atoms with E-state index in [1.807, 2.05) is 193 Å². The fraction of sp³-hybridized carbons (Fsp3) is 0.271. The van der Waals surface area contributed by atoms with Crippen molar-refractivity contribution in [2.24, 2.45) is 11.8 Å². The first-order valence-corrected chi connectivity index (χ1v) is 34.6. The summed E-state index contributed by atoms with van der Waals surface area (Å²) in [7, 11) is 0. The number of hydrogen-bond donors (Lipinski definition) is 5. The number of aliphatic hydroxyl groups is 3. The minimum absolute atomic E-state index is 0.0657. The molecule has 9 aromatic rings. The number of carbonyl (C=O) groups is 6. The van der Waals surface area contributed by atoms with E-state index in [1.54, 1.807) is 42.5 Å². The van der Waals surface area contributed by atoms with Crippen molar-refractivity contribution in [1.29, 1.82) is 0 Å². The minimum Gasteiger partial charge on any atom is -0.491 e. The maximum atomic E-state index is 15.2. The van der Waals surface area contributed by atoms with Crippen molar-refractivity contribution < 1.29 is 68.1 Å². The maximum Gasteiger partial charge on any atom is 0.325 e. The van der Waals surface area contributed by atoms with Gasteiger partial charge >= 0.3 is 17.9 Å². The van der Waals surface area contributed by atoms with Crippen molar-refractivity contribution in [2.75, 3.05) is 38.4 Å². The van der Waals surface area contributed by atoms with Gasteiger partial charge in [-0.3, -0.25) is 38.6 Å². The third-order valence-electron chi connectivity index (χ3n) is 21.2. The molecule has 1 amide bonds. The summed E-state index contributed by atoms with van der Waals surface area (Å²) in [5.41, 5.74) is 5.68. The van der Waals surface area contributed by atoms with E-state index in [0.29, 0.717) is 40.3 Å². The molecule has 5 heterocycles. The van der Waals surface area contributed by atoms with Gasteiger partial charge < -0.3 is 44.7 Å². The van der Waals surface area contributed by atoms with Crippen LogP contribution in [0.1, 0.15) is 130 Å². The van der Waals surface area contributed by atoms with Crippen LogP contribution >= 0.6 is 0 Å². The van der Waals surface area contributed by atoms with Crippen molar-refractivity contribution in [2.45, 2.75) is 97.8 Å². The summed E-state index contributed by atoms with van der Waals surface area (Å²) in [5.74, 6) is 1.25. The zero-order chi connectivity index (χ0) is 70.7. The number of esters is 2. The normalized spacial score (nSPS) is 25.5. The van der Waals surface area contributed by atoms with Crippen LogP contribution in [0, 0.1) is 23.7 Å². The number of ether oxygens (including phenoxy) is 4. The third-order valence-corrected chi connectivity index (χ3v) is 21.2. The molecule has 13 atom stereocenters. The number of cyclic esters (lactones) is 2. The van der Waals surface area contributed by atoms with E-state index in [0.717, 1.165) is 44.5 Å². The van der Waals surface area contributed by atoms with Crippen LogP contribution in [0.25, 0.3) is 0 Å². The monoisotopic (exact) mass is 1360 g/mol. The number of rotatable bonds is 19. The van der Waals surface area contributed by atoms with Gasteiger partial charge in [-0.2, -0.15) is 0 Å². The number of nitrogens with zero attached hydrogens (tertiary/aromatic N) is 2. The molecule has 516 valence electrons. The maximum absolute atomic E-state index is 15.2. The van der Waals surface area contributed by atoms with Gasteiger partial charge in [-0.25, -0.2) is 0 Å². The van der Waals surface area contributed by atoms with E-state index in [4.69, 9.17) is 18.9 Å². The molecule has 17 heteroatoms. The highest BCUT2D eigenvalue weighted by molar-refractivity contribution is 6.11. The summed E-state index contributed by atoms with van der Waals surface area (Å²) in [4.78, 5) is 92.0.